The van der Waals surface area contributed by atoms with Crippen LogP contribution in [0.15, 0.2) is 85.5 Å². The van der Waals surface area contributed by atoms with Crippen molar-refractivity contribution < 1.29 is 28.7 Å². The monoisotopic (exact) mass is 846 g/mol. The molecule has 2 N–H and O–H groups in total. The van der Waals surface area contributed by atoms with Crippen LogP contribution in [0, 0.1) is 0 Å². The number of amides is 4. The second-order valence-corrected chi connectivity index (χ2v) is 14.8. The smallest absolute Gasteiger partial charge is 0.291 e. The fourth-order valence-corrected chi connectivity index (χ4v) is 7.09. The number of aryl methyl sites for hydroxylation is 2. The number of hydrogen-bond donors (Lipinski definition) is 2. The first kappa shape index (κ1) is 43.0. The third kappa shape index (κ3) is 10.4. The van der Waals surface area contributed by atoms with Gasteiger partial charge >= 0.3 is 0 Å². The fourth-order valence-electron chi connectivity index (χ4n) is 7.09. The summed E-state index contributed by atoms with van der Waals surface area (Å²) in [5.74, 6) is 0.141. The quantitative estimate of drug-likeness (QED) is 0.161. The van der Waals surface area contributed by atoms with Crippen LogP contribution >= 0.6 is 0 Å². The Balaban J connectivity index is 0.000000186. The van der Waals surface area contributed by atoms with E-state index in [4.69, 9.17) is 9.47 Å². The van der Waals surface area contributed by atoms with E-state index >= 15 is 0 Å². The predicted molar refractivity (Wildman–Crippen MR) is 225 cm³/mol. The standard InChI is InChI=1S/2C21H25N7O3/c2*1-26-18-12-16(9-11-31-2)24-28(18)10-8-17(21(26)30)23-20(29)19-22-14-27(25-19)13-15-6-4-3-5-7-15/h2*3-7,12,14,17H,8-11,13H2,1-2H3,(H,23,29)/t2*17-/m10/s1. The first-order valence-corrected chi connectivity index (χ1v) is 20.2. The Bertz CT molecular complexity index is 2290. The van der Waals surface area contributed by atoms with Crippen LogP contribution in [0.1, 0.15) is 56.6 Å². The first-order valence-electron chi connectivity index (χ1n) is 20.2. The number of ether oxygens (including phenoxy) is 2. The number of anilines is 2. The van der Waals surface area contributed by atoms with Crippen molar-refractivity contribution >= 4 is 35.3 Å². The van der Waals surface area contributed by atoms with Crippen molar-refractivity contribution in [2.45, 2.75) is 63.9 Å². The topological polar surface area (TPSA) is 214 Å². The molecule has 6 aromatic rings. The molecule has 0 radical (unpaired) electrons. The van der Waals surface area contributed by atoms with E-state index in [-0.39, 0.29) is 23.5 Å². The molecule has 2 atom stereocenters. The van der Waals surface area contributed by atoms with Crippen molar-refractivity contribution in [1.29, 1.82) is 0 Å². The molecule has 2 aliphatic heterocycles. The summed E-state index contributed by atoms with van der Waals surface area (Å²) < 4.78 is 17.0. The van der Waals surface area contributed by atoms with Gasteiger partial charge in [0.25, 0.3) is 23.6 Å². The zero-order valence-corrected chi connectivity index (χ0v) is 35.1. The van der Waals surface area contributed by atoms with E-state index in [0.29, 0.717) is 76.7 Å². The van der Waals surface area contributed by atoms with Crippen LogP contribution in [-0.2, 0) is 58.1 Å². The summed E-state index contributed by atoms with van der Waals surface area (Å²) in [5.41, 5.74) is 3.85. The maximum Gasteiger partial charge on any atom is 0.291 e. The minimum atomic E-state index is -0.678. The van der Waals surface area contributed by atoms with Crippen molar-refractivity contribution in [1.82, 2.24) is 59.7 Å². The number of fused-ring (bicyclic) bond motifs is 2. The molecule has 4 amide bonds. The molecule has 0 bridgehead atoms. The molecule has 0 saturated carbocycles. The number of methoxy groups -OCH3 is 2. The molecule has 4 aromatic heterocycles. The normalized spacial score (nSPS) is 16.1. The molecule has 8 rings (SSSR count). The highest BCUT2D eigenvalue weighted by Gasteiger charge is 2.33. The third-order valence-electron chi connectivity index (χ3n) is 10.4. The van der Waals surface area contributed by atoms with Crippen molar-refractivity contribution in [3.63, 3.8) is 0 Å². The van der Waals surface area contributed by atoms with Crippen LogP contribution in [0.3, 0.4) is 0 Å². The van der Waals surface area contributed by atoms with Gasteiger partial charge in [-0.2, -0.15) is 10.2 Å². The lowest BCUT2D eigenvalue weighted by molar-refractivity contribution is -0.120. The summed E-state index contributed by atoms with van der Waals surface area (Å²) in [5, 5.41) is 23.1. The van der Waals surface area contributed by atoms with Gasteiger partial charge in [0.15, 0.2) is 0 Å². The summed E-state index contributed by atoms with van der Waals surface area (Å²) in [7, 11) is 6.66. The van der Waals surface area contributed by atoms with Gasteiger partial charge in [-0.25, -0.2) is 28.7 Å². The molecule has 0 saturated heterocycles. The lowest BCUT2D eigenvalue weighted by Gasteiger charge is -2.19. The number of aromatic nitrogens is 10. The summed E-state index contributed by atoms with van der Waals surface area (Å²) in [6.07, 6.45) is 5.24. The summed E-state index contributed by atoms with van der Waals surface area (Å²) >= 11 is 0. The van der Waals surface area contributed by atoms with Gasteiger partial charge < -0.3 is 20.1 Å². The van der Waals surface area contributed by atoms with E-state index in [1.165, 1.54) is 22.5 Å². The Labute approximate surface area is 357 Å². The Hall–Kier alpha value is -7.06. The Morgan fingerprint density at radius 2 is 1.03 bits per heavy atom. The molecular formula is C42H50N14O6. The third-order valence-corrected chi connectivity index (χ3v) is 10.4. The molecule has 62 heavy (non-hydrogen) atoms. The van der Waals surface area contributed by atoms with Gasteiger partial charge in [-0.3, -0.25) is 29.0 Å². The number of rotatable bonds is 14. The number of carbonyl (C=O) groups excluding carboxylic acids is 4. The van der Waals surface area contributed by atoms with Crippen molar-refractivity contribution in [3.8, 4) is 0 Å². The number of nitrogens with one attached hydrogen (secondary N) is 2. The van der Waals surface area contributed by atoms with E-state index in [9.17, 15) is 19.2 Å². The highest BCUT2D eigenvalue weighted by atomic mass is 16.5. The summed E-state index contributed by atoms with van der Waals surface area (Å²) in [4.78, 5) is 62.5. The molecule has 0 aliphatic carbocycles. The van der Waals surface area contributed by atoms with Crippen LogP contribution < -0.4 is 20.4 Å². The molecule has 6 heterocycles. The van der Waals surface area contributed by atoms with Gasteiger partial charge in [-0.05, 0) is 24.0 Å². The number of likely N-dealkylation sites (N-methyl/N-ethyl adjacent to an activating group) is 2. The average Bonchev–Trinajstić information content (AvgIpc) is 4.10. The van der Waals surface area contributed by atoms with E-state index in [1.54, 1.807) is 47.0 Å². The lowest BCUT2D eigenvalue weighted by Crippen LogP contribution is -2.47. The van der Waals surface area contributed by atoms with E-state index < -0.39 is 23.9 Å². The number of hydrogen-bond acceptors (Lipinski definition) is 12. The van der Waals surface area contributed by atoms with E-state index in [2.05, 4.69) is 41.0 Å². The lowest BCUT2D eigenvalue weighted by atomic mass is 10.2. The van der Waals surface area contributed by atoms with Crippen molar-refractivity contribution in [2.24, 2.45) is 0 Å². The molecule has 2 aliphatic rings. The zero-order valence-electron chi connectivity index (χ0n) is 35.1. The fraction of sp³-hybridized carbons (Fsp3) is 0.381. The minimum Gasteiger partial charge on any atom is -0.384 e. The molecule has 0 fully saturated rings. The maximum atomic E-state index is 12.9. The molecule has 20 heteroatoms. The van der Waals surface area contributed by atoms with Gasteiger partial charge in [0.05, 0.1) is 37.7 Å². The molecular weight excluding hydrogens is 797 g/mol. The van der Waals surface area contributed by atoms with E-state index in [0.717, 1.165) is 22.5 Å². The van der Waals surface area contributed by atoms with Gasteiger partial charge in [0.1, 0.15) is 36.4 Å². The SMILES string of the molecule is COCCc1cc2n(n1)CC[C@@H](NC(=O)c1ncn(Cc3ccccc3)n1)C(=O)N2C.COCCc1cc2n(n1)CC[C@H](NC(=O)c1ncn(Cc3ccccc3)n1)C(=O)N2C. The van der Waals surface area contributed by atoms with Crippen molar-refractivity contribution in [2.75, 3.05) is 51.3 Å². The Kier molecular flexibility index (Phi) is 13.9. The van der Waals surface area contributed by atoms with Crippen LogP contribution in [0.2, 0.25) is 0 Å². The number of carbonyl (C=O) groups is 4. The molecule has 20 nitrogen and oxygen atoms in total. The minimum absolute atomic E-state index is 0.0372. The van der Waals surface area contributed by atoms with Crippen LogP contribution in [-0.4, -0.2) is 126 Å². The highest BCUT2D eigenvalue weighted by molar-refractivity contribution is 6.01. The number of benzene rings is 2. The maximum absolute atomic E-state index is 12.9. The second kappa shape index (κ2) is 20.0. The summed E-state index contributed by atoms with van der Waals surface area (Å²) in [6.45, 7) is 3.18. The van der Waals surface area contributed by atoms with Crippen LogP contribution in [0.25, 0.3) is 0 Å². The van der Waals surface area contributed by atoms with Gasteiger partial charge in [-0.15, -0.1) is 10.2 Å². The summed E-state index contributed by atoms with van der Waals surface area (Å²) in [6, 6.07) is 22.0. The Morgan fingerprint density at radius 1 is 0.629 bits per heavy atom. The van der Waals surface area contributed by atoms with Crippen LogP contribution in [0.4, 0.5) is 11.6 Å². The zero-order chi connectivity index (χ0) is 43.6. The Morgan fingerprint density at radius 3 is 1.42 bits per heavy atom. The molecule has 2 aromatic carbocycles. The second-order valence-electron chi connectivity index (χ2n) is 14.8. The molecule has 324 valence electrons. The number of nitrogens with zero attached hydrogens (tertiary/aromatic N) is 12. The first-order chi connectivity index (χ1) is 30.1. The van der Waals surface area contributed by atoms with Crippen LogP contribution in [0.5, 0.6) is 0 Å². The predicted octanol–water partition coefficient (Wildman–Crippen LogP) is 1.75. The molecule has 0 spiro atoms. The van der Waals surface area contributed by atoms with Gasteiger partial charge in [0.2, 0.25) is 11.6 Å². The van der Waals surface area contributed by atoms with Gasteiger partial charge in [0, 0.05) is 66.4 Å². The largest absolute Gasteiger partial charge is 0.384 e. The van der Waals surface area contributed by atoms with Crippen molar-refractivity contribution in [3.05, 3.63) is 120 Å². The van der Waals surface area contributed by atoms with E-state index in [1.807, 2.05) is 72.8 Å². The molecule has 0 unspecified atom stereocenters. The average molecular weight is 847 g/mol. The highest BCUT2D eigenvalue weighted by Crippen LogP contribution is 2.23. The van der Waals surface area contributed by atoms with Gasteiger partial charge in [-0.1, -0.05) is 60.7 Å².